The van der Waals surface area contributed by atoms with Crippen molar-refractivity contribution in [1.82, 2.24) is 9.03 Å². The van der Waals surface area contributed by atoms with Crippen molar-refractivity contribution in [3.8, 4) is 0 Å². The maximum absolute atomic E-state index is 12.1. The third-order valence-corrected chi connectivity index (χ3v) is 5.07. The molecule has 0 amide bonds. The van der Waals surface area contributed by atoms with E-state index in [9.17, 15) is 8.42 Å². The Bertz CT molecular complexity index is 461. The lowest BCUT2D eigenvalue weighted by molar-refractivity contribution is 0.427. The Morgan fingerprint density at radius 1 is 1.21 bits per heavy atom. The molecule has 0 radical (unpaired) electrons. The number of hydrogen-bond donors (Lipinski definition) is 1. The maximum Gasteiger partial charge on any atom is 0.279 e. The highest BCUT2D eigenvalue weighted by atomic mass is 35.5. The van der Waals surface area contributed by atoms with E-state index in [1.807, 2.05) is 44.2 Å². The van der Waals surface area contributed by atoms with Gasteiger partial charge in [0.1, 0.15) is 0 Å². The van der Waals surface area contributed by atoms with Crippen LogP contribution in [0.4, 0.5) is 0 Å². The van der Waals surface area contributed by atoms with E-state index in [4.69, 9.17) is 11.6 Å². The van der Waals surface area contributed by atoms with Gasteiger partial charge in [-0.25, -0.2) is 0 Å². The third-order valence-electron chi connectivity index (χ3n) is 2.87. The number of alkyl halides is 1. The van der Waals surface area contributed by atoms with Crippen LogP contribution in [0.25, 0.3) is 0 Å². The first kappa shape index (κ1) is 16.4. The van der Waals surface area contributed by atoms with E-state index >= 15 is 0 Å². The second-order valence-electron chi connectivity index (χ2n) is 4.25. The molecule has 1 aromatic rings. The molecule has 1 rings (SSSR count). The van der Waals surface area contributed by atoms with Crippen LogP contribution in [-0.2, 0) is 16.6 Å². The first-order valence-electron chi connectivity index (χ1n) is 6.40. The zero-order valence-corrected chi connectivity index (χ0v) is 12.9. The Balaban J connectivity index is 2.72. The summed E-state index contributed by atoms with van der Waals surface area (Å²) in [5, 5.41) is 0. The van der Waals surface area contributed by atoms with Crippen LogP contribution in [0.1, 0.15) is 19.4 Å². The van der Waals surface area contributed by atoms with Crippen LogP contribution in [0.5, 0.6) is 0 Å². The molecule has 1 N–H and O–H groups in total. The molecule has 0 heterocycles. The zero-order chi connectivity index (χ0) is 14.3. The number of nitrogens with zero attached hydrogens (tertiary/aromatic N) is 1. The van der Waals surface area contributed by atoms with Crippen LogP contribution >= 0.6 is 11.6 Å². The second-order valence-corrected chi connectivity index (χ2v) is 6.26. The Morgan fingerprint density at radius 3 is 2.26 bits per heavy atom. The van der Waals surface area contributed by atoms with E-state index in [2.05, 4.69) is 4.72 Å². The lowest BCUT2D eigenvalue weighted by Crippen LogP contribution is -2.46. The molecule has 1 aromatic carbocycles. The van der Waals surface area contributed by atoms with Crippen molar-refractivity contribution >= 4 is 21.8 Å². The van der Waals surface area contributed by atoms with Crippen LogP contribution in [0.2, 0.25) is 0 Å². The van der Waals surface area contributed by atoms with Crippen molar-refractivity contribution < 1.29 is 8.42 Å². The SMILES string of the molecule is CCN(CC)S(=O)(=O)NC(CCl)Cc1ccccc1. The van der Waals surface area contributed by atoms with Gasteiger partial charge in [0, 0.05) is 25.0 Å². The first-order valence-corrected chi connectivity index (χ1v) is 8.38. The largest absolute Gasteiger partial charge is 0.279 e. The molecule has 0 aliphatic carbocycles. The van der Waals surface area contributed by atoms with E-state index in [1.165, 1.54) is 4.31 Å². The van der Waals surface area contributed by atoms with Crippen molar-refractivity contribution in [1.29, 1.82) is 0 Å². The van der Waals surface area contributed by atoms with Gasteiger partial charge in [-0.15, -0.1) is 11.6 Å². The van der Waals surface area contributed by atoms with Crippen LogP contribution in [0.3, 0.4) is 0 Å². The Hall–Kier alpha value is -0.620. The maximum atomic E-state index is 12.1. The molecule has 0 bridgehead atoms. The molecule has 4 nitrogen and oxygen atoms in total. The molecule has 0 fully saturated rings. The minimum absolute atomic E-state index is 0.245. The van der Waals surface area contributed by atoms with E-state index in [1.54, 1.807) is 0 Å². The van der Waals surface area contributed by atoms with Crippen LogP contribution in [-0.4, -0.2) is 37.7 Å². The summed E-state index contributed by atoms with van der Waals surface area (Å²) in [6.45, 7) is 4.53. The topological polar surface area (TPSA) is 49.4 Å². The fraction of sp³-hybridized carbons (Fsp3) is 0.538. The lowest BCUT2D eigenvalue weighted by Gasteiger charge is -2.23. The van der Waals surface area contributed by atoms with Gasteiger partial charge in [0.05, 0.1) is 0 Å². The van der Waals surface area contributed by atoms with E-state index < -0.39 is 10.2 Å². The number of hydrogen-bond acceptors (Lipinski definition) is 2. The van der Waals surface area contributed by atoms with Gasteiger partial charge in [-0.2, -0.15) is 17.4 Å². The van der Waals surface area contributed by atoms with Crippen molar-refractivity contribution in [3.05, 3.63) is 35.9 Å². The summed E-state index contributed by atoms with van der Waals surface area (Å²) < 4.78 is 28.3. The average molecular weight is 305 g/mol. The number of halogens is 1. The molecule has 0 saturated carbocycles. The molecule has 0 aliphatic heterocycles. The van der Waals surface area contributed by atoms with Gasteiger partial charge in [-0.05, 0) is 12.0 Å². The summed E-state index contributed by atoms with van der Waals surface area (Å²) in [6.07, 6.45) is 0.588. The highest BCUT2D eigenvalue weighted by molar-refractivity contribution is 7.87. The quantitative estimate of drug-likeness (QED) is 0.747. The second kappa shape index (κ2) is 7.85. The summed E-state index contributed by atoms with van der Waals surface area (Å²) >= 11 is 5.87. The smallest absolute Gasteiger partial charge is 0.198 e. The highest BCUT2D eigenvalue weighted by Gasteiger charge is 2.22. The van der Waals surface area contributed by atoms with Gasteiger partial charge in [0.25, 0.3) is 10.2 Å². The molecular formula is C13H21ClN2O2S. The molecule has 19 heavy (non-hydrogen) atoms. The zero-order valence-electron chi connectivity index (χ0n) is 11.3. The van der Waals surface area contributed by atoms with Gasteiger partial charge in [-0.3, -0.25) is 0 Å². The standard InChI is InChI=1S/C13H21ClN2O2S/c1-3-16(4-2)19(17,18)15-13(11-14)10-12-8-6-5-7-9-12/h5-9,13,15H,3-4,10-11H2,1-2H3. The predicted molar refractivity (Wildman–Crippen MR) is 79.6 cm³/mol. The molecule has 0 aromatic heterocycles. The molecule has 6 heteroatoms. The van der Waals surface area contributed by atoms with Gasteiger partial charge in [0.2, 0.25) is 0 Å². The van der Waals surface area contributed by atoms with Gasteiger partial charge in [0.15, 0.2) is 0 Å². The fourth-order valence-corrected chi connectivity index (χ4v) is 3.57. The van der Waals surface area contributed by atoms with Crippen LogP contribution in [0, 0.1) is 0 Å². The average Bonchev–Trinajstić information content (AvgIpc) is 2.40. The Morgan fingerprint density at radius 2 is 1.79 bits per heavy atom. The summed E-state index contributed by atoms with van der Waals surface area (Å²) in [5.74, 6) is 0.245. The minimum atomic E-state index is -3.46. The minimum Gasteiger partial charge on any atom is -0.198 e. The Labute approximate surface area is 120 Å². The summed E-state index contributed by atoms with van der Waals surface area (Å²) in [7, 11) is -3.46. The molecule has 0 saturated heterocycles. The Kier molecular flexibility index (Phi) is 6.79. The third kappa shape index (κ3) is 5.10. The van der Waals surface area contributed by atoms with Crippen LogP contribution in [0.15, 0.2) is 30.3 Å². The van der Waals surface area contributed by atoms with E-state index in [0.29, 0.717) is 19.5 Å². The molecule has 108 valence electrons. The summed E-state index contributed by atoms with van der Waals surface area (Å²) in [6, 6.07) is 9.42. The van der Waals surface area contributed by atoms with Gasteiger partial charge in [-0.1, -0.05) is 44.2 Å². The van der Waals surface area contributed by atoms with Crippen molar-refractivity contribution in [2.45, 2.75) is 26.3 Å². The summed E-state index contributed by atoms with van der Waals surface area (Å²) in [4.78, 5) is 0. The van der Waals surface area contributed by atoms with E-state index in [-0.39, 0.29) is 11.9 Å². The number of nitrogens with one attached hydrogen (secondary N) is 1. The van der Waals surface area contributed by atoms with Gasteiger partial charge < -0.3 is 0 Å². The molecule has 1 atom stereocenters. The van der Waals surface area contributed by atoms with Crippen molar-refractivity contribution in [2.75, 3.05) is 19.0 Å². The normalized spacial score (nSPS) is 13.7. The lowest BCUT2D eigenvalue weighted by atomic mass is 10.1. The molecular weight excluding hydrogens is 284 g/mol. The molecule has 1 unspecified atom stereocenters. The van der Waals surface area contributed by atoms with E-state index in [0.717, 1.165) is 5.56 Å². The first-order chi connectivity index (χ1) is 9.03. The monoisotopic (exact) mass is 304 g/mol. The number of benzene rings is 1. The molecule has 0 aliphatic rings. The fourth-order valence-electron chi connectivity index (χ4n) is 1.88. The van der Waals surface area contributed by atoms with Gasteiger partial charge >= 0.3 is 0 Å². The highest BCUT2D eigenvalue weighted by Crippen LogP contribution is 2.07. The number of rotatable bonds is 8. The van der Waals surface area contributed by atoms with Crippen LogP contribution < -0.4 is 4.72 Å². The summed E-state index contributed by atoms with van der Waals surface area (Å²) in [5.41, 5.74) is 1.07. The molecule has 0 spiro atoms. The van der Waals surface area contributed by atoms with Crippen molar-refractivity contribution in [3.63, 3.8) is 0 Å². The van der Waals surface area contributed by atoms with Crippen molar-refractivity contribution in [2.24, 2.45) is 0 Å². The predicted octanol–water partition coefficient (Wildman–Crippen LogP) is 2.01.